The van der Waals surface area contributed by atoms with E-state index in [-0.39, 0.29) is 34.9 Å². The van der Waals surface area contributed by atoms with Gasteiger partial charge in [-0.2, -0.15) is 0 Å². The number of piperidine rings is 1. The monoisotopic (exact) mass is 422 g/mol. The highest BCUT2D eigenvalue weighted by atomic mass is 16.5. The van der Waals surface area contributed by atoms with E-state index in [1.807, 2.05) is 6.07 Å². The number of nitrogens with zero attached hydrogens (tertiary/aromatic N) is 3. The Morgan fingerprint density at radius 1 is 1.19 bits per heavy atom. The Hall–Kier alpha value is -3.16. The van der Waals surface area contributed by atoms with Crippen LogP contribution in [0.25, 0.3) is 0 Å². The van der Waals surface area contributed by atoms with Gasteiger partial charge in [0.1, 0.15) is 12.3 Å². The number of hydrogen-bond acceptors (Lipinski definition) is 5. The fraction of sp³-hybridized carbons (Fsp3) is 0.478. The lowest BCUT2D eigenvalue weighted by molar-refractivity contribution is -0.127. The predicted octanol–water partition coefficient (Wildman–Crippen LogP) is 2.25. The van der Waals surface area contributed by atoms with Crippen molar-refractivity contribution in [2.75, 3.05) is 19.6 Å². The molecule has 0 spiro atoms. The van der Waals surface area contributed by atoms with Crippen molar-refractivity contribution >= 4 is 11.8 Å². The van der Waals surface area contributed by atoms with Crippen molar-refractivity contribution in [1.82, 2.24) is 19.9 Å². The van der Waals surface area contributed by atoms with Crippen molar-refractivity contribution in [2.45, 2.75) is 44.1 Å². The molecule has 3 aliphatic rings. The molecule has 31 heavy (non-hydrogen) atoms. The largest absolute Gasteiger partial charge is 0.364 e. The highest BCUT2D eigenvalue weighted by molar-refractivity contribution is 5.92. The van der Waals surface area contributed by atoms with Crippen molar-refractivity contribution in [3.8, 4) is 0 Å². The third-order valence-corrected chi connectivity index (χ3v) is 6.73. The van der Waals surface area contributed by atoms with E-state index in [0.717, 1.165) is 31.4 Å². The first-order valence-corrected chi connectivity index (χ1v) is 11.0. The van der Waals surface area contributed by atoms with E-state index in [4.69, 9.17) is 4.52 Å². The third kappa shape index (κ3) is 3.71. The van der Waals surface area contributed by atoms with Gasteiger partial charge in [0.2, 0.25) is 5.91 Å². The number of fused-ring (bicyclic) bond motifs is 4. The molecule has 8 nitrogen and oxygen atoms in total. The smallest absolute Gasteiger partial charge is 0.276 e. The lowest BCUT2D eigenvalue weighted by Crippen LogP contribution is -2.54. The second-order valence-corrected chi connectivity index (χ2v) is 8.72. The summed E-state index contributed by atoms with van der Waals surface area (Å²) >= 11 is 0. The lowest BCUT2D eigenvalue weighted by atomic mass is 9.78. The second kappa shape index (κ2) is 8.17. The van der Waals surface area contributed by atoms with Crippen molar-refractivity contribution in [3.63, 3.8) is 0 Å². The van der Waals surface area contributed by atoms with Gasteiger partial charge >= 0.3 is 0 Å². The summed E-state index contributed by atoms with van der Waals surface area (Å²) in [5.41, 5.74) is 2.16. The highest BCUT2D eigenvalue weighted by Crippen LogP contribution is 2.41. The zero-order valence-corrected chi connectivity index (χ0v) is 17.3. The minimum absolute atomic E-state index is 0.00797. The van der Waals surface area contributed by atoms with E-state index in [2.05, 4.69) is 16.5 Å². The van der Waals surface area contributed by atoms with Crippen LogP contribution in [0.1, 0.15) is 60.2 Å². The molecule has 0 saturated carbocycles. The fourth-order valence-corrected chi connectivity index (χ4v) is 5.29. The summed E-state index contributed by atoms with van der Waals surface area (Å²) in [7, 11) is 0. The average molecular weight is 422 g/mol. The van der Waals surface area contributed by atoms with Crippen molar-refractivity contribution in [2.24, 2.45) is 5.92 Å². The summed E-state index contributed by atoms with van der Waals surface area (Å²) in [5.74, 6) is -0.488. The third-order valence-electron chi connectivity index (χ3n) is 6.73. The number of likely N-dealkylation sites (tertiary alicyclic amines) is 1. The summed E-state index contributed by atoms with van der Waals surface area (Å²) < 4.78 is 6.48. The standard InChI is InChI=1S/C23H26N4O4/c28-20-8-4-7-19-16-11-17(14-26(13-16)23(30)18-9-10-31-25-18)21(27(19)20)22(29)24-12-15-5-2-1-3-6-15/h4-5,7-10,16-17,21H,1-3,6,11-14H2,(H,24,29)/t16-,17+,21+/m0/s1. The Morgan fingerprint density at radius 3 is 2.87 bits per heavy atom. The molecule has 2 aromatic heterocycles. The van der Waals surface area contributed by atoms with Crippen molar-refractivity contribution in [3.05, 3.63) is 63.9 Å². The molecule has 1 aliphatic carbocycles. The van der Waals surface area contributed by atoms with Gasteiger partial charge in [0, 0.05) is 49.3 Å². The van der Waals surface area contributed by atoms with E-state index in [0.29, 0.717) is 19.6 Å². The summed E-state index contributed by atoms with van der Waals surface area (Å²) in [6, 6.07) is 6.06. The van der Waals surface area contributed by atoms with Crippen LogP contribution >= 0.6 is 0 Å². The fourth-order valence-electron chi connectivity index (χ4n) is 5.29. The molecular formula is C23H26N4O4. The Morgan fingerprint density at radius 2 is 2.10 bits per heavy atom. The Balaban J connectivity index is 1.43. The number of nitrogens with one attached hydrogen (secondary N) is 1. The molecular weight excluding hydrogens is 396 g/mol. The van der Waals surface area contributed by atoms with Gasteiger partial charge in [-0.1, -0.05) is 22.9 Å². The number of amides is 2. The van der Waals surface area contributed by atoms with Crippen molar-refractivity contribution in [1.29, 1.82) is 0 Å². The van der Waals surface area contributed by atoms with Crippen LogP contribution in [0.5, 0.6) is 0 Å². The number of aromatic nitrogens is 2. The van der Waals surface area contributed by atoms with Gasteiger partial charge in [0.05, 0.1) is 0 Å². The first kappa shape index (κ1) is 19.8. The minimum atomic E-state index is -0.628. The molecule has 3 atom stereocenters. The number of hydrogen-bond donors (Lipinski definition) is 1. The number of rotatable bonds is 4. The van der Waals surface area contributed by atoms with E-state index in [9.17, 15) is 14.4 Å². The molecule has 0 aromatic carbocycles. The summed E-state index contributed by atoms with van der Waals surface area (Å²) in [6.45, 7) is 1.42. The summed E-state index contributed by atoms with van der Waals surface area (Å²) in [6.07, 6.45) is 8.77. The van der Waals surface area contributed by atoms with Gasteiger partial charge in [-0.25, -0.2) is 0 Å². The molecule has 0 unspecified atom stereocenters. The predicted molar refractivity (Wildman–Crippen MR) is 113 cm³/mol. The van der Waals surface area contributed by atoms with Crippen LogP contribution in [0.3, 0.4) is 0 Å². The molecule has 1 N–H and O–H groups in total. The molecule has 2 amide bonds. The van der Waals surface area contributed by atoms with Gasteiger partial charge in [0.25, 0.3) is 11.5 Å². The van der Waals surface area contributed by atoms with Crippen molar-refractivity contribution < 1.29 is 14.1 Å². The maximum atomic E-state index is 13.3. The number of carbonyl (C=O) groups is 2. The maximum Gasteiger partial charge on any atom is 0.276 e. The maximum absolute atomic E-state index is 13.3. The van der Waals surface area contributed by atoms with Crippen LogP contribution in [-0.4, -0.2) is 46.1 Å². The molecule has 2 aromatic rings. The molecule has 1 saturated heterocycles. The van der Waals surface area contributed by atoms with Crippen LogP contribution < -0.4 is 10.9 Å². The Bertz CT molecular complexity index is 1070. The van der Waals surface area contributed by atoms with Gasteiger partial charge in [0.15, 0.2) is 5.69 Å². The van der Waals surface area contributed by atoms with Gasteiger partial charge < -0.3 is 14.7 Å². The van der Waals surface area contributed by atoms with E-state index in [1.165, 1.54) is 24.3 Å². The molecule has 4 heterocycles. The van der Waals surface area contributed by atoms with Crippen LogP contribution in [-0.2, 0) is 4.79 Å². The number of pyridine rings is 1. The molecule has 5 rings (SSSR count). The zero-order chi connectivity index (χ0) is 21.4. The number of allylic oxidation sites excluding steroid dienone is 1. The molecule has 0 radical (unpaired) electrons. The quantitative estimate of drug-likeness (QED) is 0.763. The van der Waals surface area contributed by atoms with Crippen LogP contribution in [0.4, 0.5) is 0 Å². The SMILES string of the molecule is O=C(NCC1=CCCCC1)[C@H]1[C@@H]2C[C@@H](CN(C(=O)c3ccon3)C2)c2cccc(=O)n21. The first-order valence-electron chi connectivity index (χ1n) is 11.0. The minimum Gasteiger partial charge on any atom is -0.364 e. The highest BCUT2D eigenvalue weighted by Gasteiger charge is 2.45. The molecule has 162 valence electrons. The first-order chi connectivity index (χ1) is 15.1. The zero-order valence-electron chi connectivity index (χ0n) is 17.3. The van der Waals surface area contributed by atoms with Crippen LogP contribution in [0, 0.1) is 5.92 Å². The van der Waals surface area contributed by atoms with Gasteiger partial charge in [-0.3, -0.25) is 19.0 Å². The molecule has 1 fully saturated rings. The number of carbonyl (C=O) groups excluding carboxylic acids is 2. The van der Waals surface area contributed by atoms with Crippen LogP contribution in [0.2, 0.25) is 0 Å². The Kier molecular flexibility index (Phi) is 5.21. The van der Waals surface area contributed by atoms with E-state index in [1.54, 1.807) is 21.6 Å². The van der Waals surface area contributed by atoms with E-state index < -0.39 is 6.04 Å². The molecule has 8 heteroatoms. The van der Waals surface area contributed by atoms with Gasteiger partial charge in [-0.15, -0.1) is 0 Å². The topological polar surface area (TPSA) is 97.4 Å². The normalized spacial score (nSPS) is 24.8. The van der Waals surface area contributed by atoms with Gasteiger partial charge in [-0.05, 0) is 38.2 Å². The lowest BCUT2D eigenvalue weighted by Gasteiger charge is -2.46. The summed E-state index contributed by atoms with van der Waals surface area (Å²) in [5, 5.41) is 6.84. The van der Waals surface area contributed by atoms with E-state index >= 15 is 0 Å². The second-order valence-electron chi connectivity index (χ2n) is 8.72. The average Bonchev–Trinajstić information content (AvgIpc) is 3.33. The Labute approximate surface area is 179 Å². The van der Waals surface area contributed by atoms with Crippen LogP contribution in [0.15, 0.2) is 51.5 Å². The molecule has 2 bridgehead atoms. The summed E-state index contributed by atoms with van der Waals surface area (Å²) in [4.78, 5) is 40.8. The molecule has 2 aliphatic heterocycles.